The molecule has 142 valence electrons. The van der Waals surface area contributed by atoms with Crippen LogP contribution in [0.1, 0.15) is 36.4 Å². The summed E-state index contributed by atoms with van der Waals surface area (Å²) >= 11 is 0. The van der Waals surface area contributed by atoms with E-state index in [9.17, 15) is 13.6 Å². The molecule has 0 radical (unpaired) electrons. The fraction of sp³-hybridized carbons (Fsp3) is 0.409. The van der Waals surface area contributed by atoms with Gasteiger partial charge in [0, 0.05) is 32.1 Å². The van der Waals surface area contributed by atoms with Gasteiger partial charge in [-0.2, -0.15) is 0 Å². The van der Waals surface area contributed by atoms with Crippen molar-refractivity contribution in [2.45, 2.75) is 25.3 Å². The number of piperazine rings is 1. The zero-order valence-electron chi connectivity index (χ0n) is 15.3. The predicted octanol–water partition coefficient (Wildman–Crippen LogP) is 4.00. The Kier molecular flexibility index (Phi) is 5.21. The van der Waals surface area contributed by atoms with Gasteiger partial charge in [-0.3, -0.25) is 9.69 Å². The molecule has 3 nitrogen and oxygen atoms in total. The van der Waals surface area contributed by atoms with Crippen LogP contribution in [0.2, 0.25) is 0 Å². The molecule has 27 heavy (non-hydrogen) atoms. The quantitative estimate of drug-likeness (QED) is 0.812. The van der Waals surface area contributed by atoms with Crippen LogP contribution < -0.4 is 0 Å². The Bertz CT molecular complexity index is 733. The predicted molar refractivity (Wildman–Crippen MR) is 100 cm³/mol. The van der Waals surface area contributed by atoms with Crippen molar-refractivity contribution in [3.8, 4) is 0 Å². The van der Waals surface area contributed by atoms with E-state index in [1.807, 2.05) is 4.90 Å². The van der Waals surface area contributed by atoms with E-state index in [-0.39, 0.29) is 23.6 Å². The molecule has 2 aliphatic rings. The SMILES string of the molecule is O=C(C1CCC1)N1CCN(C(c2ccc(F)cc2)c2ccc(F)cc2)CC1. The topological polar surface area (TPSA) is 23.6 Å². The molecular formula is C22H24F2N2O. The molecule has 1 saturated carbocycles. The summed E-state index contributed by atoms with van der Waals surface area (Å²) in [6.07, 6.45) is 3.20. The van der Waals surface area contributed by atoms with Crippen LogP contribution in [0.3, 0.4) is 0 Å². The van der Waals surface area contributed by atoms with Crippen LogP contribution >= 0.6 is 0 Å². The summed E-state index contributed by atoms with van der Waals surface area (Å²) in [5, 5.41) is 0. The summed E-state index contributed by atoms with van der Waals surface area (Å²) < 4.78 is 26.8. The third-order valence-electron chi connectivity index (χ3n) is 5.82. The van der Waals surface area contributed by atoms with Gasteiger partial charge in [-0.05, 0) is 48.2 Å². The van der Waals surface area contributed by atoms with Gasteiger partial charge in [0.15, 0.2) is 0 Å². The maximum atomic E-state index is 13.4. The second kappa shape index (κ2) is 7.77. The second-order valence-electron chi connectivity index (χ2n) is 7.49. The van der Waals surface area contributed by atoms with Crippen LogP contribution in [-0.2, 0) is 4.79 Å². The van der Waals surface area contributed by atoms with Crippen molar-refractivity contribution >= 4 is 5.91 Å². The van der Waals surface area contributed by atoms with Crippen LogP contribution in [0, 0.1) is 17.6 Å². The van der Waals surface area contributed by atoms with Crippen molar-refractivity contribution < 1.29 is 13.6 Å². The minimum absolute atomic E-state index is 0.0767. The van der Waals surface area contributed by atoms with Gasteiger partial charge < -0.3 is 4.90 Å². The molecule has 0 bridgehead atoms. The highest BCUT2D eigenvalue weighted by Gasteiger charge is 2.33. The molecule has 0 N–H and O–H groups in total. The first-order valence-corrected chi connectivity index (χ1v) is 9.65. The first-order valence-electron chi connectivity index (χ1n) is 9.65. The van der Waals surface area contributed by atoms with E-state index < -0.39 is 0 Å². The summed E-state index contributed by atoms with van der Waals surface area (Å²) in [6, 6.07) is 12.9. The summed E-state index contributed by atoms with van der Waals surface area (Å²) in [6.45, 7) is 2.90. The summed E-state index contributed by atoms with van der Waals surface area (Å²) in [4.78, 5) is 16.8. The lowest BCUT2D eigenvalue weighted by atomic mass is 9.84. The number of carbonyl (C=O) groups is 1. The van der Waals surface area contributed by atoms with E-state index in [0.717, 1.165) is 43.5 Å². The lowest BCUT2D eigenvalue weighted by Crippen LogP contribution is -2.52. The summed E-state index contributed by atoms with van der Waals surface area (Å²) in [7, 11) is 0. The smallest absolute Gasteiger partial charge is 0.225 e. The van der Waals surface area contributed by atoms with Crippen molar-refractivity contribution in [3.05, 3.63) is 71.3 Å². The molecule has 0 spiro atoms. The van der Waals surface area contributed by atoms with Gasteiger partial charge in [-0.25, -0.2) is 8.78 Å². The standard InChI is InChI=1S/C22H24F2N2O/c23-19-8-4-16(5-9-19)21(17-6-10-20(24)11-7-17)25-12-14-26(15-13-25)22(27)18-2-1-3-18/h4-11,18,21H,1-3,12-15H2. The molecule has 1 aliphatic carbocycles. The third kappa shape index (κ3) is 3.88. The highest BCUT2D eigenvalue weighted by atomic mass is 19.1. The van der Waals surface area contributed by atoms with Gasteiger partial charge in [-0.1, -0.05) is 30.7 Å². The molecule has 0 aromatic heterocycles. The summed E-state index contributed by atoms with van der Waals surface area (Å²) in [5.41, 5.74) is 1.95. The normalized spacial score (nSPS) is 18.6. The lowest BCUT2D eigenvalue weighted by Gasteiger charge is -2.41. The fourth-order valence-corrected chi connectivity index (χ4v) is 4.02. The van der Waals surface area contributed by atoms with Gasteiger partial charge in [0.1, 0.15) is 11.6 Å². The Labute approximate surface area is 158 Å². The van der Waals surface area contributed by atoms with Crippen molar-refractivity contribution in [3.63, 3.8) is 0 Å². The van der Waals surface area contributed by atoms with Gasteiger partial charge >= 0.3 is 0 Å². The summed E-state index contributed by atoms with van der Waals surface area (Å²) in [5.74, 6) is -0.0254. The average Bonchev–Trinajstić information content (AvgIpc) is 2.64. The first kappa shape index (κ1) is 18.1. The Morgan fingerprint density at radius 1 is 0.815 bits per heavy atom. The van der Waals surface area contributed by atoms with Gasteiger partial charge in [0.05, 0.1) is 6.04 Å². The van der Waals surface area contributed by atoms with Crippen molar-refractivity contribution in [1.29, 1.82) is 0 Å². The Balaban J connectivity index is 1.53. The molecule has 2 fully saturated rings. The molecule has 1 amide bonds. The number of halogens is 2. The van der Waals surface area contributed by atoms with Crippen molar-refractivity contribution in [2.75, 3.05) is 26.2 Å². The number of hydrogen-bond acceptors (Lipinski definition) is 2. The number of carbonyl (C=O) groups excluding carboxylic acids is 1. The molecule has 2 aromatic rings. The third-order valence-corrected chi connectivity index (χ3v) is 5.82. The van der Waals surface area contributed by atoms with Crippen LogP contribution in [0.25, 0.3) is 0 Å². The Morgan fingerprint density at radius 3 is 1.70 bits per heavy atom. The molecule has 0 atom stereocenters. The number of amides is 1. The van der Waals surface area contributed by atoms with E-state index in [1.165, 1.54) is 24.3 Å². The molecule has 1 saturated heterocycles. The van der Waals surface area contributed by atoms with E-state index in [1.54, 1.807) is 24.3 Å². The maximum Gasteiger partial charge on any atom is 0.225 e. The van der Waals surface area contributed by atoms with Crippen LogP contribution in [0.5, 0.6) is 0 Å². The zero-order chi connectivity index (χ0) is 18.8. The monoisotopic (exact) mass is 370 g/mol. The fourth-order valence-electron chi connectivity index (χ4n) is 4.02. The zero-order valence-corrected chi connectivity index (χ0v) is 15.3. The minimum Gasteiger partial charge on any atom is -0.340 e. The van der Waals surface area contributed by atoms with Crippen LogP contribution in [0.4, 0.5) is 8.78 Å². The van der Waals surface area contributed by atoms with Crippen LogP contribution in [0.15, 0.2) is 48.5 Å². The number of benzene rings is 2. The minimum atomic E-state index is -0.271. The highest BCUT2D eigenvalue weighted by molar-refractivity contribution is 5.79. The van der Waals surface area contributed by atoms with Gasteiger partial charge in [0.25, 0.3) is 0 Å². The Hall–Kier alpha value is -2.27. The number of hydrogen-bond donors (Lipinski definition) is 0. The van der Waals surface area contributed by atoms with Gasteiger partial charge in [0.2, 0.25) is 5.91 Å². The molecule has 4 rings (SSSR count). The lowest BCUT2D eigenvalue weighted by molar-refractivity contribution is -0.140. The molecular weight excluding hydrogens is 346 g/mol. The van der Waals surface area contributed by atoms with E-state index in [0.29, 0.717) is 19.0 Å². The van der Waals surface area contributed by atoms with Gasteiger partial charge in [-0.15, -0.1) is 0 Å². The van der Waals surface area contributed by atoms with Crippen LogP contribution in [-0.4, -0.2) is 41.9 Å². The maximum absolute atomic E-state index is 13.4. The number of rotatable bonds is 4. The van der Waals surface area contributed by atoms with E-state index in [4.69, 9.17) is 0 Å². The average molecular weight is 370 g/mol. The molecule has 1 aliphatic heterocycles. The first-order chi connectivity index (χ1) is 13.1. The molecule has 1 heterocycles. The van der Waals surface area contributed by atoms with Crippen molar-refractivity contribution in [2.24, 2.45) is 5.92 Å². The van der Waals surface area contributed by atoms with E-state index >= 15 is 0 Å². The largest absolute Gasteiger partial charge is 0.340 e. The molecule has 2 aromatic carbocycles. The van der Waals surface area contributed by atoms with E-state index in [2.05, 4.69) is 4.90 Å². The highest BCUT2D eigenvalue weighted by Crippen LogP contribution is 2.32. The molecule has 0 unspecified atom stereocenters. The Morgan fingerprint density at radius 2 is 1.30 bits per heavy atom. The second-order valence-corrected chi connectivity index (χ2v) is 7.49. The van der Waals surface area contributed by atoms with Crippen molar-refractivity contribution in [1.82, 2.24) is 9.80 Å². The number of nitrogens with zero attached hydrogens (tertiary/aromatic N) is 2. The molecule has 5 heteroatoms.